The van der Waals surface area contributed by atoms with Crippen LogP contribution in [0.25, 0.3) is 0 Å². The molecule has 3 heteroatoms. The normalized spacial score (nSPS) is 26.8. The van der Waals surface area contributed by atoms with Crippen molar-refractivity contribution in [3.8, 4) is 0 Å². The first-order valence-electron chi connectivity index (χ1n) is 6.88. The van der Waals surface area contributed by atoms with E-state index in [0.717, 1.165) is 26.2 Å². The predicted octanol–water partition coefficient (Wildman–Crippen LogP) is 2.34. The third-order valence-electron chi connectivity index (χ3n) is 4.10. The highest BCUT2D eigenvalue weighted by atomic mass is 19.1. The fraction of sp³-hybridized carbons (Fsp3) is 1.00. The Morgan fingerprint density at radius 3 is 2.69 bits per heavy atom. The molecule has 1 aliphatic carbocycles. The van der Waals surface area contributed by atoms with E-state index in [9.17, 15) is 4.39 Å². The number of halogens is 1. The van der Waals surface area contributed by atoms with Crippen molar-refractivity contribution in [1.29, 1.82) is 0 Å². The molecule has 1 saturated carbocycles. The predicted molar refractivity (Wildman–Crippen MR) is 65.5 cm³/mol. The Morgan fingerprint density at radius 2 is 1.94 bits per heavy atom. The maximum Gasteiger partial charge on any atom is 0.0906 e. The molecule has 1 heterocycles. The standard InChI is InChI=1S/C13H25FN2/c14-8-4-10-16-11-5-9-15-13(12-16)6-2-1-3-7-13/h15H,1-12H2. The van der Waals surface area contributed by atoms with E-state index in [1.165, 1.54) is 38.5 Å². The van der Waals surface area contributed by atoms with E-state index in [2.05, 4.69) is 10.2 Å². The van der Waals surface area contributed by atoms with Gasteiger partial charge in [0.25, 0.3) is 0 Å². The Balaban J connectivity index is 1.91. The molecule has 1 spiro atoms. The molecule has 0 amide bonds. The van der Waals surface area contributed by atoms with Crippen LogP contribution in [0.5, 0.6) is 0 Å². The third-order valence-corrected chi connectivity index (χ3v) is 4.10. The number of rotatable bonds is 3. The summed E-state index contributed by atoms with van der Waals surface area (Å²) in [6, 6.07) is 0. The molecule has 0 aromatic carbocycles. The van der Waals surface area contributed by atoms with Gasteiger partial charge in [0.2, 0.25) is 0 Å². The maximum absolute atomic E-state index is 12.2. The number of alkyl halides is 1. The van der Waals surface area contributed by atoms with E-state index in [4.69, 9.17) is 0 Å². The van der Waals surface area contributed by atoms with Crippen molar-refractivity contribution in [3.63, 3.8) is 0 Å². The molecule has 0 aromatic rings. The zero-order chi connectivity index (χ0) is 11.3. The van der Waals surface area contributed by atoms with E-state index in [0.29, 0.717) is 12.0 Å². The van der Waals surface area contributed by atoms with Gasteiger partial charge in [-0.3, -0.25) is 4.39 Å². The van der Waals surface area contributed by atoms with Gasteiger partial charge in [0.1, 0.15) is 0 Å². The van der Waals surface area contributed by atoms with Crippen LogP contribution in [0.15, 0.2) is 0 Å². The second-order valence-electron chi connectivity index (χ2n) is 5.44. The highest BCUT2D eigenvalue weighted by Crippen LogP contribution is 2.30. The van der Waals surface area contributed by atoms with Crippen molar-refractivity contribution in [3.05, 3.63) is 0 Å². The van der Waals surface area contributed by atoms with Crippen LogP contribution in [-0.2, 0) is 0 Å². The largest absolute Gasteiger partial charge is 0.310 e. The van der Waals surface area contributed by atoms with E-state index < -0.39 is 0 Å². The second-order valence-corrected chi connectivity index (χ2v) is 5.44. The van der Waals surface area contributed by atoms with Gasteiger partial charge in [0.15, 0.2) is 0 Å². The molecule has 1 N–H and O–H groups in total. The van der Waals surface area contributed by atoms with Gasteiger partial charge in [-0.1, -0.05) is 19.3 Å². The molecular weight excluding hydrogens is 203 g/mol. The summed E-state index contributed by atoms with van der Waals surface area (Å²) in [7, 11) is 0. The molecule has 0 bridgehead atoms. The SMILES string of the molecule is FCCCN1CCCNC2(CCCCC2)C1. The Hall–Kier alpha value is -0.150. The van der Waals surface area contributed by atoms with Crippen molar-refractivity contribution >= 4 is 0 Å². The minimum Gasteiger partial charge on any atom is -0.310 e. The first-order chi connectivity index (χ1) is 7.85. The number of hydrogen-bond donors (Lipinski definition) is 1. The minimum atomic E-state index is -0.170. The highest BCUT2D eigenvalue weighted by Gasteiger charge is 2.34. The first kappa shape index (κ1) is 12.3. The van der Waals surface area contributed by atoms with Gasteiger partial charge in [-0.25, -0.2) is 0 Å². The number of nitrogens with one attached hydrogen (secondary N) is 1. The number of hydrogen-bond acceptors (Lipinski definition) is 2. The zero-order valence-electron chi connectivity index (χ0n) is 10.3. The van der Waals surface area contributed by atoms with Gasteiger partial charge in [-0.2, -0.15) is 0 Å². The molecule has 2 aliphatic rings. The fourth-order valence-corrected chi connectivity index (χ4v) is 3.26. The molecule has 0 unspecified atom stereocenters. The lowest BCUT2D eigenvalue weighted by Crippen LogP contribution is -2.52. The molecule has 1 aliphatic heterocycles. The average molecular weight is 228 g/mol. The molecule has 94 valence electrons. The van der Waals surface area contributed by atoms with Crippen molar-refractivity contribution < 1.29 is 4.39 Å². The van der Waals surface area contributed by atoms with Crippen molar-refractivity contribution in [2.45, 2.75) is 50.5 Å². The van der Waals surface area contributed by atoms with Crippen LogP contribution in [0.3, 0.4) is 0 Å². The molecule has 2 rings (SSSR count). The van der Waals surface area contributed by atoms with Crippen LogP contribution < -0.4 is 5.32 Å². The van der Waals surface area contributed by atoms with Gasteiger partial charge in [-0.05, 0) is 38.8 Å². The van der Waals surface area contributed by atoms with Crippen LogP contribution in [-0.4, -0.2) is 43.3 Å². The lowest BCUT2D eigenvalue weighted by Gasteiger charge is -2.40. The van der Waals surface area contributed by atoms with Crippen molar-refractivity contribution in [2.75, 3.05) is 32.9 Å². The van der Waals surface area contributed by atoms with Crippen LogP contribution in [0, 0.1) is 0 Å². The van der Waals surface area contributed by atoms with Crippen molar-refractivity contribution in [2.24, 2.45) is 0 Å². The summed E-state index contributed by atoms with van der Waals surface area (Å²) in [6.45, 7) is 4.21. The lowest BCUT2D eigenvalue weighted by molar-refractivity contribution is 0.160. The minimum absolute atomic E-state index is 0.170. The summed E-state index contributed by atoms with van der Waals surface area (Å²) in [4.78, 5) is 2.48. The summed E-state index contributed by atoms with van der Waals surface area (Å²) in [5.74, 6) is 0. The summed E-state index contributed by atoms with van der Waals surface area (Å²) < 4.78 is 12.2. The highest BCUT2D eigenvalue weighted by molar-refractivity contribution is 4.95. The van der Waals surface area contributed by atoms with Gasteiger partial charge < -0.3 is 10.2 Å². The van der Waals surface area contributed by atoms with Crippen molar-refractivity contribution in [1.82, 2.24) is 10.2 Å². The van der Waals surface area contributed by atoms with Crippen LogP contribution in [0.1, 0.15) is 44.9 Å². The third kappa shape index (κ3) is 3.17. The van der Waals surface area contributed by atoms with Crippen LogP contribution in [0.4, 0.5) is 4.39 Å². The van der Waals surface area contributed by atoms with Crippen LogP contribution in [0.2, 0.25) is 0 Å². The molecule has 16 heavy (non-hydrogen) atoms. The summed E-state index contributed by atoms with van der Waals surface area (Å²) in [5, 5.41) is 3.77. The Kier molecular flexibility index (Phi) is 4.59. The van der Waals surface area contributed by atoms with E-state index in [1.54, 1.807) is 0 Å². The lowest BCUT2D eigenvalue weighted by atomic mass is 9.81. The number of nitrogens with zero attached hydrogens (tertiary/aromatic N) is 1. The molecule has 2 fully saturated rings. The summed E-state index contributed by atoms with van der Waals surface area (Å²) in [5.41, 5.74) is 0.366. The Labute approximate surface area is 98.6 Å². The van der Waals surface area contributed by atoms with Gasteiger partial charge in [0.05, 0.1) is 6.67 Å². The monoisotopic (exact) mass is 228 g/mol. The molecular formula is C13H25FN2. The molecule has 0 radical (unpaired) electrons. The Morgan fingerprint density at radius 1 is 1.12 bits per heavy atom. The maximum atomic E-state index is 12.2. The molecule has 2 nitrogen and oxygen atoms in total. The van der Waals surface area contributed by atoms with Gasteiger partial charge in [-0.15, -0.1) is 0 Å². The molecule has 0 atom stereocenters. The van der Waals surface area contributed by atoms with E-state index >= 15 is 0 Å². The Bertz CT molecular complexity index is 202. The molecule has 1 saturated heterocycles. The van der Waals surface area contributed by atoms with Crippen LogP contribution >= 0.6 is 0 Å². The average Bonchev–Trinajstić information content (AvgIpc) is 2.50. The topological polar surface area (TPSA) is 15.3 Å². The van der Waals surface area contributed by atoms with Gasteiger partial charge in [0, 0.05) is 18.6 Å². The zero-order valence-corrected chi connectivity index (χ0v) is 10.3. The molecule has 0 aromatic heterocycles. The van der Waals surface area contributed by atoms with Gasteiger partial charge >= 0.3 is 0 Å². The second kappa shape index (κ2) is 5.97. The fourth-order valence-electron chi connectivity index (χ4n) is 3.26. The smallest absolute Gasteiger partial charge is 0.0906 e. The van der Waals surface area contributed by atoms with E-state index in [1.807, 2.05) is 0 Å². The quantitative estimate of drug-likeness (QED) is 0.797. The summed E-state index contributed by atoms with van der Waals surface area (Å²) in [6.07, 6.45) is 8.68. The first-order valence-corrected chi connectivity index (χ1v) is 6.88. The summed E-state index contributed by atoms with van der Waals surface area (Å²) >= 11 is 0. The van der Waals surface area contributed by atoms with E-state index in [-0.39, 0.29) is 6.67 Å².